The number of esters is 1. The van der Waals surface area contributed by atoms with Crippen LogP contribution in [0.5, 0.6) is 5.75 Å². The van der Waals surface area contributed by atoms with Crippen molar-refractivity contribution >= 4 is 5.97 Å². The largest absolute Gasteiger partial charge is 0.508 e. The SMILES string of the molecule is Cc1cc(C)c(C2(c3cc(C(C)C)c(O)cc3C)OC(=O)c3ccccc32)cc1C(C)C. The Morgan fingerprint density at radius 1 is 0.750 bits per heavy atom. The molecule has 0 aliphatic carbocycles. The Balaban J connectivity index is 2.16. The number of carbonyl (C=O) groups is 1. The molecular weight excluding hydrogens is 396 g/mol. The van der Waals surface area contributed by atoms with E-state index in [1.807, 2.05) is 37.3 Å². The number of ether oxygens (including phenoxy) is 1. The van der Waals surface area contributed by atoms with E-state index < -0.39 is 5.60 Å². The van der Waals surface area contributed by atoms with Crippen LogP contribution in [0.2, 0.25) is 0 Å². The number of cyclic esters (lactones) is 1. The molecule has 1 N–H and O–H groups in total. The quantitative estimate of drug-likeness (QED) is 0.454. The number of phenolic OH excluding ortho intramolecular Hbond substituents is 1. The van der Waals surface area contributed by atoms with Gasteiger partial charge in [-0.05, 0) is 78.6 Å². The average Bonchev–Trinajstić information content (AvgIpc) is 3.01. The lowest BCUT2D eigenvalue weighted by Gasteiger charge is -2.34. The maximum absolute atomic E-state index is 13.2. The predicted octanol–water partition coefficient (Wildman–Crippen LogP) is 7.03. The molecule has 0 saturated carbocycles. The molecule has 0 aromatic heterocycles. The van der Waals surface area contributed by atoms with E-state index in [-0.39, 0.29) is 17.6 Å². The van der Waals surface area contributed by atoms with E-state index in [9.17, 15) is 9.90 Å². The van der Waals surface area contributed by atoms with E-state index in [1.54, 1.807) is 6.07 Å². The monoisotopic (exact) mass is 428 g/mol. The first-order chi connectivity index (χ1) is 15.1. The van der Waals surface area contributed by atoms with Gasteiger partial charge >= 0.3 is 5.97 Å². The third-order valence-electron chi connectivity index (χ3n) is 6.76. The molecule has 0 fully saturated rings. The number of aryl methyl sites for hydroxylation is 3. The molecule has 1 unspecified atom stereocenters. The van der Waals surface area contributed by atoms with Crippen molar-refractivity contribution in [2.75, 3.05) is 0 Å². The van der Waals surface area contributed by atoms with Crippen molar-refractivity contribution in [3.63, 3.8) is 0 Å². The highest BCUT2D eigenvalue weighted by Gasteiger charge is 2.50. The van der Waals surface area contributed by atoms with Crippen LogP contribution in [0.15, 0.2) is 48.5 Å². The third kappa shape index (κ3) is 3.23. The zero-order valence-corrected chi connectivity index (χ0v) is 20.0. The van der Waals surface area contributed by atoms with E-state index in [1.165, 1.54) is 11.1 Å². The van der Waals surface area contributed by atoms with Crippen molar-refractivity contribution in [2.24, 2.45) is 0 Å². The van der Waals surface area contributed by atoms with Gasteiger partial charge in [-0.25, -0.2) is 4.79 Å². The van der Waals surface area contributed by atoms with Gasteiger partial charge in [0.05, 0.1) is 5.56 Å². The predicted molar refractivity (Wildman–Crippen MR) is 129 cm³/mol. The fourth-order valence-corrected chi connectivity index (χ4v) is 5.18. The molecule has 1 heterocycles. The molecule has 3 nitrogen and oxygen atoms in total. The molecule has 32 heavy (non-hydrogen) atoms. The molecule has 1 aliphatic heterocycles. The smallest absolute Gasteiger partial charge is 0.340 e. The first-order valence-corrected chi connectivity index (χ1v) is 11.4. The maximum atomic E-state index is 13.2. The van der Waals surface area contributed by atoms with Crippen molar-refractivity contribution in [2.45, 2.75) is 65.9 Å². The number of carbonyl (C=O) groups excluding carboxylic acids is 1. The van der Waals surface area contributed by atoms with Crippen LogP contribution in [0.4, 0.5) is 0 Å². The number of rotatable bonds is 4. The second-order valence-corrected chi connectivity index (χ2v) is 9.68. The second-order valence-electron chi connectivity index (χ2n) is 9.68. The molecule has 4 rings (SSSR count). The number of hydrogen-bond acceptors (Lipinski definition) is 3. The molecule has 3 aromatic rings. The van der Waals surface area contributed by atoms with Crippen molar-refractivity contribution < 1.29 is 14.6 Å². The van der Waals surface area contributed by atoms with Gasteiger partial charge in [-0.15, -0.1) is 0 Å². The summed E-state index contributed by atoms with van der Waals surface area (Å²) in [6.07, 6.45) is 0. The molecule has 0 spiro atoms. The summed E-state index contributed by atoms with van der Waals surface area (Å²) in [5.74, 6) is 0.428. The summed E-state index contributed by atoms with van der Waals surface area (Å²) in [5, 5.41) is 10.6. The first-order valence-electron chi connectivity index (χ1n) is 11.4. The lowest BCUT2D eigenvalue weighted by Crippen LogP contribution is -2.32. The Morgan fingerprint density at radius 2 is 1.31 bits per heavy atom. The molecule has 1 aliphatic rings. The van der Waals surface area contributed by atoms with Crippen molar-refractivity contribution in [1.29, 1.82) is 0 Å². The Kier molecular flexibility index (Phi) is 5.40. The van der Waals surface area contributed by atoms with Crippen LogP contribution in [-0.4, -0.2) is 11.1 Å². The molecule has 3 heteroatoms. The van der Waals surface area contributed by atoms with Crippen LogP contribution in [0, 0.1) is 20.8 Å². The summed E-state index contributed by atoms with van der Waals surface area (Å²) in [5.41, 5.74) is 7.57. The highest BCUT2D eigenvalue weighted by atomic mass is 16.6. The molecule has 0 amide bonds. The number of phenols is 1. The number of hydrogen-bond donors (Lipinski definition) is 1. The van der Waals surface area contributed by atoms with Crippen LogP contribution < -0.4 is 0 Å². The number of fused-ring (bicyclic) bond motifs is 1. The Labute approximate surface area is 191 Å². The van der Waals surface area contributed by atoms with Gasteiger partial charge in [0, 0.05) is 16.7 Å². The lowest BCUT2D eigenvalue weighted by atomic mass is 9.74. The molecule has 166 valence electrons. The topological polar surface area (TPSA) is 46.5 Å². The molecule has 0 bridgehead atoms. The minimum absolute atomic E-state index is 0.129. The molecule has 3 aromatic carbocycles. The Morgan fingerprint density at radius 3 is 1.94 bits per heavy atom. The van der Waals surface area contributed by atoms with Crippen molar-refractivity contribution in [1.82, 2.24) is 0 Å². The van der Waals surface area contributed by atoms with Crippen LogP contribution in [-0.2, 0) is 10.3 Å². The van der Waals surface area contributed by atoms with Crippen molar-refractivity contribution in [3.8, 4) is 5.75 Å². The zero-order valence-electron chi connectivity index (χ0n) is 20.0. The Hall–Kier alpha value is -3.07. The molecular formula is C29H32O3. The van der Waals surface area contributed by atoms with E-state index in [2.05, 4.69) is 53.7 Å². The van der Waals surface area contributed by atoms with Gasteiger partial charge in [-0.1, -0.05) is 58.0 Å². The zero-order chi connectivity index (χ0) is 23.4. The molecule has 0 saturated heterocycles. The summed E-state index contributed by atoms with van der Waals surface area (Å²) < 4.78 is 6.38. The van der Waals surface area contributed by atoms with Crippen LogP contribution >= 0.6 is 0 Å². The normalized spacial score (nSPS) is 17.7. The summed E-state index contributed by atoms with van der Waals surface area (Å²) in [6.45, 7) is 14.7. The van der Waals surface area contributed by atoms with Gasteiger partial charge < -0.3 is 9.84 Å². The van der Waals surface area contributed by atoms with Gasteiger partial charge in [0.25, 0.3) is 0 Å². The third-order valence-corrected chi connectivity index (χ3v) is 6.76. The van der Waals surface area contributed by atoms with Crippen molar-refractivity contribution in [3.05, 3.63) is 98.6 Å². The highest BCUT2D eigenvalue weighted by Crippen LogP contribution is 2.50. The standard InChI is InChI=1S/C29H32O3/c1-16(2)22-14-25(19(6)12-18(22)5)29(24-11-9-8-10-21(24)28(31)32-29)26-15-23(17(3)4)27(30)13-20(26)7/h8-17,30H,1-7H3. The van der Waals surface area contributed by atoms with Crippen LogP contribution in [0.3, 0.4) is 0 Å². The van der Waals surface area contributed by atoms with Gasteiger partial charge in [-0.3, -0.25) is 0 Å². The van der Waals surface area contributed by atoms with E-state index in [0.717, 1.165) is 33.4 Å². The highest BCUT2D eigenvalue weighted by molar-refractivity contribution is 5.96. The maximum Gasteiger partial charge on any atom is 0.340 e. The van der Waals surface area contributed by atoms with Gasteiger partial charge in [0.2, 0.25) is 0 Å². The fourth-order valence-electron chi connectivity index (χ4n) is 5.18. The number of benzene rings is 3. The Bertz CT molecular complexity index is 1150. The van der Waals surface area contributed by atoms with E-state index in [0.29, 0.717) is 11.5 Å². The van der Waals surface area contributed by atoms with E-state index >= 15 is 0 Å². The first kappa shape index (κ1) is 22.1. The summed E-state index contributed by atoms with van der Waals surface area (Å²) in [4.78, 5) is 13.2. The molecule has 0 radical (unpaired) electrons. The molecule has 1 atom stereocenters. The second kappa shape index (κ2) is 7.81. The lowest BCUT2D eigenvalue weighted by molar-refractivity contribution is 0.0248. The van der Waals surface area contributed by atoms with Gasteiger partial charge in [-0.2, -0.15) is 0 Å². The van der Waals surface area contributed by atoms with Gasteiger partial charge in [0.1, 0.15) is 5.75 Å². The minimum Gasteiger partial charge on any atom is -0.508 e. The van der Waals surface area contributed by atoms with Crippen LogP contribution in [0.25, 0.3) is 0 Å². The van der Waals surface area contributed by atoms with Gasteiger partial charge in [0.15, 0.2) is 5.60 Å². The fraction of sp³-hybridized carbons (Fsp3) is 0.345. The average molecular weight is 429 g/mol. The van der Waals surface area contributed by atoms with E-state index in [4.69, 9.17) is 4.74 Å². The number of aromatic hydroxyl groups is 1. The summed E-state index contributed by atoms with van der Waals surface area (Å²) in [7, 11) is 0. The summed E-state index contributed by atoms with van der Waals surface area (Å²) in [6, 6.07) is 15.9. The van der Waals surface area contributed by atoms with Crippen LogP contribution in [0.1, 0.15) is 94.4 Å². The minimum atomic E-state index is -1.06. The summed E-state index contributed by atoms with van der Waals surface area (Å²) >= 11 is 0.